The third-order valence-electron chi connectivity index (χ3n) is 11.1. The number of hydrogen-bond acceptors (Lipinski definition) is 4. The van der Waals surface area contributed by atoms with E-state index in [-0.39, 0.29) is 40.6 Å². The molecular weight excluding hydrogens is 424 g/mol. The van der Waals surface area contributed by atoms with Crippen LogP contribution >= 0.6 is 0 Å². The standard InChI is InChI=1S/C28H48O4.C2H6/c1-16(2)8-7-12-28(6,32)19-10-9-18-24(19)21(30)14-23-26(4)13-11-20(29)17(3)25(26)22(31)15-27(18,23)5;1-2/h8,17-25,29-32H,7,9-15H2,1-6H3;1-2H3. The van der Waals surface area contributed by atoms with Gasteiger partial charge in [-0.15, -0.1) is 0 Å². The minimum absolute atomic E-state index is 0.0265. The van der Waals surface area contributed by atoms with Crippen LogP contribution in [-0.4, -0.2) is 44.3 Å². The van der Waals surface area contributed by atoms with Crippen molar-refractivity contribution in [1.82, 2.24) is 0 Å². The number of rotatable bonds is 4. The molecule has 0 aromatic carbocycles. The summed E-state index contributed by atoms with van der Waals surface area (Å²) in [7, 11) is 0. The molecule has 4 saturated carbocycles. The van der Waals surface area contributed by atoms with Crippen LogP contribution in [-0.2, 0) is 0 Å². The van der Waals surface area contributed by atoms with Crippen molar-refractivity contribution < 1.29 is 20.4 Å². The van der Waals surface area contributed by atoms with Gasteiger partial charge in [-0.05, 0) is 118 Å². The van der Waals surface area contributed by atoms with Crippen LogP contribution in [0.15, 0.2) is 11.6 Å². The molecule has 0 spiro atoms. The molecule has 0 aromatic rings. The molecule has 0 aromatic heterocycles. The van der Waals surface area contributed by atoms with Crippen LogP contribution < -0.4 is 0 Å². The molecule has 34 heavy (non-hydrogen) atoms. The maximum absolute atomic E-state index is 11.5. The fourth-order valence-corrected chi connectivity index (χ4v) is 9.64. The predicted octanol–water partition coefficient (Wildman–Crippen LogP) is 5.72. The number of aliphatic hydroxyl groups is 4. The van der Waals surface area contributed by atoms with Crippen LogP contribution in [0, 0.1) is 46.3 Å². The van der Waals surface area contributed by atoms with Gasteiger partial charge in [-0.2, -0.15) is 0 Å². The van der Waals surface area contributed by atoms with E-state index in [1.165, 1.54) is 5.57 Å². The molecule has 12 atom stereocenters. The Morgan fingerprint density at radius 2 is 1.62 bits per heavy atom. The third kappa shape index (κ3) is 4.55. The molecule has 0 aliphatic heterocycles. The zero-order valence-corrected chi connectivity index (χ0v) is 23.2. The van der Waals surface area contributed by atoms with Gasteiger partial charge < -0.3 is 20.4 Å². The van der Waals surface area contributed by atoms with Crippen LogP contribution in [0.4, 0.5) is 0 Å². The van der Waals surface area contributed by atoms with Gasteiger partial charge in [0.05, 0.1) is 23.9 Å². The molecule has 0 heterocycles. The van der Waals surface area contributed by atoms with Gasteiger partial charge in [0, 0.05) is 0 Å². The second-order valence-corrected chi connectivity index (χ2v) is 13.2. The second kappa shape index (κ2) is 10.1. The topological polar surface area (TPSA) is 80.9 Å². The average molecular weight is 479 g/mol. The highest BCUT2D eigenvalue weighted by molar-refractivity contribution is 5.16. The van der Waals surface area contributed by atoms with Gasteiger partial charge in [-0.25, -0.2) is 0 Å². The lowest BCUT2D eigenvalue weighted by molar-refractivity contribution is -0.234. The van der Waals surface area contributed by atoms with Gasteiger partial charge in [0.2, 0.25) is 0 Å². The fourth-order valence-electron chi connectivity index (χ4n) is 9.64. The monoisotopic (exact) mass is 478 g/mol. The molecule has 4 rings (SSSR count). The Balaban J connectivity index is 0.00000158. The average Bonchev–Trinajstić information content (AvgIpc) is 3.22. The number of hydrogen-bond donors (Lipinski definition) is 4. The first kappa shape index (κ1) is 28.2. The van der Waals surface area contributed by atoms with E-state index in [2.05, 4.69) is 40.7 Å². The number of fused-ring (bicyclic) bond motifs is 5. The summed E-state index contributed by atoms with van der Waals surface area (Å²) in [6, 6.07) is 0. The first-order valence-corrected chi connectivity index (χ1v) is 14.2. The van der Waals surface area contributed by atoms with E-state index in [1.54, 1.807) is 0 Å². The molecule has 0 bridgehead atoms. The van der Waals surface area contributed by atoms with Crippen LogP contribution in [0.1, 0.15) is 107 Å². The van der Waals surface area contributed by atoms with Crippen molar-refractivity contribution in [2.45, 2.75) is 131 Å². The molecule has 198 valence electrons. The Labute approximate surface area is 209 Å². The molecule has 0 saturated heterocycles. The summed E-state index contributed by atoms with van der Waals surface area (Å²) in [6.07, 6.45) is 7.91. The number of allylic oxidation sites excluding steroid dienone is 2. The lowest BCUT2D eigenvalue weighted by Gasteiger charge is -2.67. The minimum Gasteiger partial charge on any atom is -0.393 e. The van der Waals surface area contributed by atoms with Crippen molar-refractivity contribution >= 4 is 0 Å². The Hall–Kier alpha value is -0.420. The summed E-state index contributed by atoms with van der Waals surface area (Å²) < 4.78 is 0. The summed E-state index contributed by atoms with van der Waals surface area (Å²) in [6.45, 7) is 17.0. The van der Waals surface area contributed by atoms with Crippen LogP contribution in [0.25, 0.3) is 0 Å². The van der Waals surface area contributed by atoms with Gasteiger partial charge in [-0.3, -0.25) is 0 Å². The summed E-state index contributed by atoms with van der Waals surface area (Å²) in [4.78, 5) is 0. The van der Waals surface area contributed by atoms with Crippen molar-refractivity contribution in [1.29, 1.82) is 0 Å². The number of aliphatic hydroxyl groups excluding tert-OH is 3. The lowest BCUT2D eigenvalue weighted by Crippen LogP contribution is -2.65. The minimum atomic E-state index is -0.779. The predicted molar refractivity (Wildman–Crippen MR) is 139 cm³/mol. The highest BCUT2D eigenvalue weighted by Crippen LogP contribution is 2.70. The largest absolute Gasteiger partial charge is 0.393 e. The molecule has 12 unspecified atom stereocenters. The van der Waals surface area contributed by atoms with E-state index < -0.39 is 17.8 Å². The molecule has 4 nitrogen and oxygen atoms in total. The van der Waals surface area contributed by atoms with Crippen molar-refractivity contribution in [3.8, 4) is 0 Å². The summed E-state index contributed by atoms with van der Waals surface area (Å²) >= 11 is 0. The van der Waals surface area contributed by atoms with Crippen LogP contribution in [0.2, 0.25) is 0 Å². The quantitative estimate of drug-likeness (QED) is 0.390. The van der Waals surface area contributed by atoms with Crippen molar-refractivity contribution in [3.63, 3.8) is 0 Å². The Morgan fingerprint density at radius 1 is 0.971 bits per heavy atom. The third-order valence-corrected chi connectivity index (χ3v) is 11.1. The van der Waals surface area contributed by atoms with E-state index >= 15 is 0 Å². The molecule has 4 heteroatoms. The van der Waals surface area contributed by atoms with Crippen LogP contribution in [0.5, 0.6) is 0 Å². The molecule has 4 aliphatic rings. The highest BCUT2D eigenvalue weighted by Gasteiger charge is 2.67. The zero-order chi connectivity index (χ0) is 25.6. The van der Waals surface area contributed by atoms with Gasteiger partial charge in [0.25, 0.3) is 0 Å². The van der Waals surface area contributed by atoms with Crippen molar-refractivity contribution in [2.24, 2.45) is 46.3 Å². The Bertz CT molecular complexity index is 727. The molecule has 4 N–H and O–H groups in total. The Morgan fingerprint density at radius 3 is 2.24 bits per heavy atom. The summed E-state index contributed by atoms with van der Waals surface area (Å²) in [5.74, 6) is 1.10. The first-order valence-electron chi connectivity index (χ1n) is 14.2. The normalized spacial score (nSPS) is 49.5. The Kier molecular flexibility index (Phi) is 8.41. The van der Waals surface area contributed by atoms with Crippen molar-refractivity contribution in [2.75, 3.05) is 0 Å². The maximum atomic E-state index is 11.5. The zero-order valence-electron chi connectivity index (χ0n) is 23.2. The second-order valence-electron chi connectivity index (χ2n) is 13.2. The fraction of sp³-hybridized carbons (Fsp3) is 0.933. The van der Waals surface area contributed by atoms with Gasteiger partial charge >= 0.3 is 0 Å². The van der Waals surface area contributed by atoms with E-state index in [9.17, 15) is 20.4 Å². The highest BCUT2D eigenvalue weighted by atomic mass is 16.3. The van der Waals surface area contributed by atoms with E-state index in [4.69, 9.17) is 0 Å². The van der Waals surface area contributed by atoms with Gasteiger partial charge in [0.15, 0.2) is 0 Å². The molecule has 4 aliphatic carbocycles. The van der Waals surface area contributed by atoms with Crippen molar-refractivity contribution in [3.05, 3.63) is 11.6 Å². The molecule has 0 radical (unpaired) electrons. The first-order chi connectivity index (χ1) is 15.8. The van der Waals surface area contributed by atoms with Gasteiger partial charge in [-0.1, -0.05) is 46.3 Å². The molecular formula is C30H54O4. The lowest BCUT2D eigenvalue weighted by atomic mass is 9.39. The van der Waals surface area contributed by atoms with Crippen LogP contribution in [0.3, 0.4) is 0 Å². The van der Waals surface area contributed by atoms with Gasteiger partial charge in [0.1, 0.15) is 0 Å². The van der Waals surface area contributed by atoms with E-state index in [1.807, 2.05) is 20.8 Å². The summed E-state index contributed by atoms with van der Waals surface area (Å²) in [5.41, 5.74) is 0.421. The van der Waals surface area contributed by atoms with E-state index in [0.29, 0.717) is 11.8 Å². The van der Waals surface area contributed by atoms with E-state index in [0.717, 1.165) is 51.4 Å². The smallest absolute Gasteiger partial charge is 0.0654 e. The summed E-state index contributed by atoms with van der Waals surface area (Å²) in [5, 5.41) is 45.0. The molecule has 0 amide bonds. The SMILES string of the molecule is CC.CC(C)=CCCC(C)(O)C1CCC2C1C(O)CC1C2(C)CC(O)C2C(C)C(O)CCC21C. The molecule has 4 fully saturated rings. The maximum Gasteiger partial charge on any atom is 0.0654 e.